The van der Waals surface area contributed by atoms with E-state index in [0.717, 1.165) is 24.2 Å². The van der Waals surface area contributed by atoms with Crippen LogP contribution in [0.15, 0.2) is 28.0 Å². The van der Waals surface area contributed by atoms with Crippen molar-refractivity contribution in [2.24, 2.45) is 0 Å². The third-order valence-electron chi connectivity index (χ3n) is 4.20. The predicted octanol–water partition coefficient (Wildman–Crippen LogP) is 1.58. The number of nitrogens with zero attached hydrogens (tertiary/aromatic N) is 2. The highest BCUT2D eigenvalue weighted by Gasteiger charge is 2.29. The number of thioether (sulfide) groups is 1. The molecule has 0 atom stereocenters. The van der Waals surface area contributed by atoms with Gasteiger partial charge in [0.2, 0.25) is 15.9 Å². The molecular weight excluding hydrogens is 320 g/mol. The second-order valence-corrected chi connectivity index (χ2v) is 8.71. The summed E-state index contributed by atoms with van der Waals surface area (Å²) >= 11 is 1.79. The molecule has 2 aliphatic heterocycles. The van der Waals surface area contributed by atoms with Gasteiger partial charge >= 0.3 is 0 Å². The van der Waals surface area contributed by atoms with Gasteiger partial charge in [0.25, 0.3) is 0 Å². The van der Waals surface area contributed by atoms with E-state index < -0.39 is 10.0 Å². The van der Waals surface area contributed by atoms with Crippen molar-refractivity contribution in [2.45, 2.75) is 29.6 Å². The number of amides is 1. The molecule has 3 rings (SSSR count). The molecule has 1 aromatic rings. The van der Waals surface area contributed by atoms with Crippen molar-refractivity contribution in [2.75, 3.05) is 31.9 Å². The molecule has 7 heteroatoms. The van der Waals surface area contributed by atoms with Gasteiger partial charge in [-0.25, -0.2) is 8.42 Å². The van der Waals surface area contributed by atoms with Crippen LogP contribution in [0.4, 0.5) is 0 Å². The summed E-state index contributed by atoms with van der Waals surface area (Å²) in [5, 5.41) is 0. The van der Waals surface area contributed by atoms with E-state index in [4.69, 9.17) is 0 Å². The maximum absolute atomic E-state index is 12.8. The third kappa shape index (κ3) is 3.02. The van der Waals surface area contributed by atoms with Gasteiger partial charge in [-0.3, -0.25) is 4.79 Å². The number of aryl methyl sites for hydroxylation is 1. The molecule has 0 saturated carbocycles. The van der Waals surface area contributed by atoms with Crippen LogP contribution in [0.25, 0.3) is 0 Å². The molecule has 0 spiro atoms. The summed E-state index contributed by atoms with van der Waals surface area (Å²) in [7, 11) is -3.46. The van der Waals surface area contributed by atoms with Crippen LogP contribution in [-0.4, -0.2) is 55.5 Å². The number of piperazine rings is 1. The highest BCUT2D eigenvalue weighted by molar-refractivity contribution is 7.99. The van der Waals surface area contributed by atoms with Crippen molar-refractivity contribution < 1.29 is 13.2 Å². The fourth-order valence-electron chi connectivity index (χ4n) is 2.89. The molecule has 1 amide bonds. The van der Waals surface area contributed by atoms with Gasteiger partial charge in [-0.15, -0.1) is 11.8 Å². The lowest BCUT2D eigenvalue weighted by molar-refractivity contribution is -0.129. The summed E-state index contributed by atoms with van der Waals surface area (Å²) in [5.74, 6) is 1.11. The number of hydrogen-bond donors (Lipinski definition) is 0. The Balaban J connectivity index is 1.80. The van der Waals surface area contributed by atoms with E-state index in [9.17, 15) is 13.2 Å². The molecule has 0 unspecified atom stereocenters. The van der Waals surface area contributed by atoms with Gasteiger partial charge in [0, 0.05) is 38.0 Å². The molecule has 22 heavy (non-hydrogen) atoms. The summed E-state index contributed by atoms with van der Waals surface area (Å²) in [6, 6.07) is 5.47. The zero-order chi connectivity index (χ0) is 15.7. The zero-order valence-corrected chi connectivity index (χ0v) is 14.3. The van der Waals surface area contributed by atoms with Crippen LogP contribution in [0, 0.1) is 0 Å². The summed E-state index contributed by atoms with van der Waals surface area (Å²) < 4.78 is 27.0. The molecule has 5 nitrogen and oxygen atoms in total. The quantitative estimate of drug-likeness (QED) is 0.820. The molecule has 2 aliphatic rings. The van der Waals surface area contributed by atoms with Crippen LogP contribution in [0.3, 0.4) is 0 Å². The average Bonchev–Trinajstić information content (AvgIpc) is 2.54. The topological polar surface area (TPSA) is 57.7 Å². The largest absolute Gasteiger partial charge is 0.340 e. The first-order valence-electron chi connectivity index (χ1n) is 7.50. The van der Waals surface area contributed by atoms with E-state index in [0.29, 0.717) is 31.1 Å². The molecule has 1 aromatic carbocycles. The summed E-state index contributed by atoms with van der Waals surface area (Å²) in [6.07, 6.45) is 2.04. The molecule has 0 radical (unpaired) electrons. The Morgan fingerprint density at radius 1 is 1.18 bits per heavy atom. The molecule has 0 N–H and O–H groups in total. The van der Waals surface area contributed by atoms with E-state index in [1.54, 1.807) is 22.7 Å². The minimum atomic E-state index is -3.46. The van der Waals surface area contributed by atoms with Crippen molar-refractivity contribution in [1.82, 2.24) is 9.21 Å². The highest BCUT2D eigenvalue weighted by Crippen LogP contribution is 2.32. The lowest BCUT2D eigenvalue weighted by atomic mass is 10.1. The highest BCUT2D eigenvalue weighted by atomic mass is 32.2. The fraction of sp³-hybridized carbons (Fsp3) is 0.533. The van der Waals surface area contributed by atoms with E-state index in [1.165, 1.54) is 16.1 Å². The smallest absolute Gasteiger partial charge is 0.243 e. The van der Waals surface area contributed by atoms with Gasteiger partial charge in [0.1, 0.15) is 0 Å². The van der Waals surface area contributed by atoms with E-state index in [-0.39, 0.29) is 5.91 Å². The number of benzene rings is 1. The van der Waals surface area contributed by atoms with Gasteiger partial charge < -0.3 is 4.90 Å². The van der Waals surface area contributed by atoms with Crippen LogP contribution in [-0.2, 0) is 21.2 Å². The molecule has 0 bridgehead atoms. The minimum absolute atomic E-state index is 0.00264. The van der Waals surface area contributed by atoms with Crippen molar-refractivity contribution in [3.8, 4) is 0 Å². The first-order valence-corrected chi connectivity index (χ1v) is 9.92. The van der Waals surface area contributed by atoms with E-state index >= 15 is 0 Å². The van der Waals surface area contributed by atoms with Crippen molar-refractivity contribution in [1.29, 1.82) is 0 Å². The maximum atomic E-state index is 12.8. The summed E-state index contributed by atoms with van der Waals surface area (Å²) in [4.78, 5) is 14.6. The number of hydrogen-bond acceptors (Lipinski definition) is 4. The van der Waals surface area contributed by atoms with Gasteiger partial charge in [0.15, 0.2) is 0 Å². The molecule has 2 heterocycles. The number of sulfonamides is 1. The number of carbonyl (C=O) groups excluding carboxylic acids is 1. The van der Waals surface area contributed by atoms with Crippen molar-refractivity contribution in [3.05, 3.63) is 23.8 Å². The Kier molecular flexibility index (Phi) is 4.47. The lowest BCUT2D eigenvalue weighted by Crippen LogP contribution is -2.49. The maximum Gasteiger partial charge on any atom is 0.243 e. The predicted molar refractivity (Wildman–Crippen MR) is 86.5 cm³/mol. The Morgan fingerprint density at radius 3 is 2.59 bits per heavy atom. The molecule has 1 fully saturated rings. The second-order valence-electron chi connectivity index (χ2n) is 5.63. The van der Waals surface area contributed by atoms with Gasteiger partial charge in [0.05, 0.1) is 4.90 Å². The van der Waals surface area contributed by atoms with Crippen LogP contribution in [0.5, 0.6) is 0 Å². The Bertz CT molecular complexity index is 680. The van der Waals surface area contributed by atoms with Crippen LogP contribution in [0.2, 0.25) is 0 Å². The SMILES string of the molecule is CC(=O)N1CCN(S(=O)(=O)c2ccc3c(c2)CCCS3)CC1. The van der Waals surface area contributed by atoms with Crippen molar-refractivity contribution in [3.63, 3.8) is 0 Å². The standard InChI is InChI=1S/C15H20N2O3S2/c1-12(18)16-6-8-17(9-7-16)22(19,20)14-4-5-15-13(11-14)3-2-10-21-15/h4-5,11H,2-3,6-10H2,1H3. The summed E-state index contributed by atoms with van der Waals surface area (Å²) in [6.45, 7) is 3.19. The van der Waals surface area contributed by atoms with Crippen molar-refractivity contribution >= 4 is 27.7 Å². The van der Waals surface area contributed by atoms with E-state index in [1.807, 2.05) is 12.1 Å². The normalized spacial score (nSPS) is 19.8. The molecule has 0 aliphatic carbocycles. The van der Waals surface area contributed by atoms with Crippen LogP contribution >= 0.6 is 11.8 Å². The fourth-order valence-corrected chi connectivity index (χ4v) is 5.38. The third-order valence-corrected chi connectivity index (χ3v) is 7.30. The Hall–Kier alpha value is -1.05. The number of rotatable bonds is 2. The average molecular weight is 340 g/mol. The molecule has 1 saturated heterocycles. The zero-order valence-electron chi connectivity index (χ0n) is 12.6. The molecule has 0 aromatic heterocycles. The monoisotopic (exact) mass is 340 g/mol. The van der Waals surface area contributed by atoms with Crippen LogP contribution in [0.1, 0.15) is 18.9 Å². The Morgan fingerprint density at radius 2 is 1.91 bits per heavy atom. The van der Waals surface area contributed by atoms with Gasteiger partial charge in [-0.05, 0) is 42.4 Å². The van der Waals surface area contributed by atoms with Crippen LogP contribution < -0.4 is 0 Å². The second kappa shape index (κ2) is 6.22. The molecular formula is C15H20N2O3S2. The van der Waals surface area contributed by atoms with Gasteiger partial charge in [-0.2, -0.15) is 4.31 Å². The Labute approximate surface area is 135 Å². The first kappa shape index (κ1) is 15.8. The minimum Gasteiger partial charge on any atom is -0.340 e. The van der Waals surface area contributed by atoms with Gasteiger partial charge in [-0.1, -0.05) is 0 Å². The lowest BCUT2D eigenvalue weighted by Gasteiger charge is -2.33. The number of carbonyl (C=O) groups is 1. The number of fused-ring (bicyclic) bond motifs is 1. The first-order chi connectivity index (χ1) is 10.5. The molecule has 120 valence electrons. The summed E-state index contributed by atoms with van der Waals surface area (Å²) in [5.41, 5.74) is 1.14. The van der Waals surface area contributed by atoms with E-state index in [2.05, 4.69) is 0 Å².